The first-order chi connectivity index (χ1) is 10.0. The molecule has 0 aromatic heterocycles. The molecular weight excluding hydrogens is 272 g/mol. The molecule has 0 aliphatic carbocycles. The Morgan fingerprint density at radius 3 is 2.05 bits per heavy atom. The van der Waals surface area contributed by atoms with Crippen LogP contribution in [-0.4, -0.2) is 29.3 Å². The highest BCUT2D eigenvalue weighted by Crippen LogP contribution is 2.25. The number of benzene rings is 2. The van der Waals surface area contributed by atoms with Crippen molar-refractivity contribution in [1.29, 1.82) is 0 Å². The minimum absolute atomic E-state index is 0.0131. The second kappa shape index (κ2) is 6.09. The van der Waals surface area contributed by atoms with Gasteiger partial charge in [0.2, 0.25) is 0 Å². The van der Waals surface area contributed by atoms with E-state index in [1.54, 1.807) is 24.3 Å². The molecule has 0 radical (unpaired) electrons. The molecule has 0 saturated heterocycles. The van der Waals surface area contributed by atoms with Crippen molar-refractivity contribution in [1.82, 2.24) is 0 Å². The fraction of sp³-hybridized carbons (Fsp3) is 0.125. The first kappa shape index (κ1) is 14.6. The largest absolute Gasteiger partial charge is 0.496 e. The summed E-state index contributed by atoms with van der Waals surface area (Å²) in [6, 6.07) is 11.4. The molecular formula is C16H14O5. The van der Waals surface area contributed by atoms with Crippen LogP contribution in [0.15, 0.2) is 42.5 Å². The quantitative estimate of drug-likeness (QED) is 0.882. The fourth-order valence-electron chi connectivity index (χ4n) is 2.22. The van der Waals surface area contributed by atoms with Crippen LogP contribution in [0.3, 0.4) is 0 Å². The Labute approximate surface area is 121 Å². The summed E-state index contributed by atoms with van der Waals surface area (Å²) in [4.78, 5) is 22.6. The fourth-order valence-corrected chi connectivity index (χ4v) is 2.22. The van der Waals surface area contributed by atoms with E-state index >= 15 is 0 Å². The predicted molar refractivity (Wildman–Crippen MR) is 76.2 cm³/mol. The van der Waals surface area contributed by atoms with E-state index in [4.69, 9.17) is 4.74 Å². The molecule has 0 bridgehead atoms. The third kappa shape index (κ3) is 3.02. The van der Waals surface area contributed by atoms with E-state index in [-0.39, 0.29) is 23.1 Å². The van der Waals surface area contributed by atoms with Crippen LogP contribution in [0.5, 0.6) is 5.75 Å². The maximum Gasteiger partial charge on any atom is 0.336 e. The van der Waals surface area contributed by atoms with Crippen molar-refractivity contribution in [2.45, 2.75) is 6.42 Å². The summed E-state index contributed by atoms with van der Waals surface area (Å²) in [5.41, 5.74) is 0.972. The topological polar surface area (TPSA) is 83.8 Å². The van der Waals surface area contributed by atoms with Crippen LogP contribution in [0, 0.1) is 0 Å². The minimum Gasteiger partial charge on any atom is -0.496 e. The third-order valence-corrected chi connectivity index (χ3v) is 3.20. The molecule has 2 aromatic carbocycles. The number of carbonyl (C=O) groups is 2. The zero-order valence-electron chi connectivity index (χ0n) is 11.4. The van der Waals surface area contributed by atoms with Crippen LogP contribution in [-0.2, 0) is 6.42 Å². The lowest BCUT2D eigenvalue weighted by Gasteiger charge is -2.12. The van der Waals surface area contributed by atoms with E-state index < -0.39 is 11.9 Å². The van der Waals surface area contributed by atoms with Gasteiger partial charge in [-0.3, -0.25) is 0 Å². The van der Waals surface area contributed by atoms with Gasteiger partial charge >= 0.3 is 11.9 Å². The van der Waals surface area contributed by atoms with Crippen molar-refractivity contribution in [2.24, 2.45) is 0 Å². The third-order valence-electron chi connectivity index (χ3n) is 3.20. The van der Waals surface area contributed by atoms with Gasteiger partial charge in [-0.15, -0.1) is 0 Å². The average molecular weight is 286 g/mol. The van der Waals surface area contributed by atoms with Gasteiger partial charge in [0, 0.05) is 6.42 Å². The van der Waals surface area contributed by atoms with E-state index in [9.17, 15) is 19.8 Å². The first-order valence-electron chi connectivity index (χ1n) is 6.25. The van der Waals surface area contributed by atoms with Crippen molar-refractivity contribution < 1.29 is 24.5 Å². The van der Waals surface area contributed by atoms with Crippen LogP contribution in [0.4, 0.5) is 0 Å². The molecule has 2 aromatic rings. The van der Waals surface area contributed by atoms with Crippen molar-refractivity contribution in [2.75, 3.05) is 7.11 Å². The highest BCUT2D eigenvalue weighted by molar-refractivity contribution is 5.96. The molecule has 0 spiro atoms. The van der Waals surface area contributed by atoms with Gasteiger partial charge in [-0.05, 0) is 29.3 Å². The van der Waals surface area contributed by atoms with E-state index in [2.05, 4.69) is 0 Å². The van der Waals surface area contributed by atoms with Crippen molar-refractivity contribution >= 4 is 11.9 Å². The number of aromatic carboxylic acids is 2. The number of carboxylic acid groups (broad SMARTS) is 2. The van der Waals surface area contributed by atoms with Crippen molar-refractivity contribution in [3.05, 3.63) is 64.7 Å². The van der Waals surface area contributed by atoms with E-state index in [0.29, 0.717) is 5.75 Å². The maximum absolute atomic E-state index is 11.3. The summed E-state index contributed by atoms with van der Waals surface area (Å²) in [6.45, 7) is 0. The molecule has 108 valence electrons. The Morgan fingerprint density at radius 2 is 1.52 bits per heavy atom. The average Bonchev–Trinajstić information content (AvgIpc) is 2.47. The minimum atomic E-state index is -1.15. The van der Waals surface area contributed by atoms with Crippen LogP contribution >= 0.6 is 0 Å². The number of carboxylic acids is 2. The first-order valence-corrected chi connectivity index (χ1v) is 6.25. The normalized spacial score (nSPS) is 10.1. The summed E-state index contributed by atoms with van der Waals surface area (Å²) < 4.78 is 5.22. The number of hydrogen-bond donors (Lipinski definition) is 2. The number of rotatable bonds is 5. The second-order valence-electron chi connectivity index (χ2n) is 4.43. The molecule has 2 N–H and O–H groups in total. The van der Waals surface area contributed by atoms with Crippen molar-refractivity contribution in [3.8, 4) is 5.75 Å². The zero-order valence-corrected chi connectivity index (χ0v) is 11.4. The highest BCUT2D eigenvalue weighted by atomic mass is 16.5. The Kier molecular flexibility index (Phi) is 4.23. The molecule has 2 rings (SSSR count). The lowest BCUT2D eigenvalue weighted by molar-refractivity contribution is 0.0696. The summed E-state index contributed by atoms with van der Waals surface area (Å²) in [6.07, 6.45) is 0.175. The molecule has 0 saturated carbocycles. The Balaban J connectivity index is 2.56. The smallest absolute Gasteiger partial charge is 0.336 e. The standard InChI is InChI=1S/C16H14O5/c1-21-14-8-3-2-5-10(14)9-13-11(15(17)18)6-4-7-12(13)16(19)20/h2-8H,9H2,1H3,(H,17,18)(H,19,20). The van der Waals surface area contributed by atoms with Gasteiger partial charge in [0.05, 0.1) is 18.2 Å². The number of hydrogen-bond acceptors (Lipinski definition) is 3. The Hall–Kier alpha value is -2.82. The molecule has 5 nitrogen and oxygen atoms in total. The summed E-state index contributed by atoms with van der Waals surface area (Å²) in [5.74, 6) is -1.71. The lowest BCUT2D eigenvalue weighted by atomic mass is 9.94. The molecule has 21 heavy (non-hydrogen) atoms. The van der Waals surface area contributed by atoms with Gasteiger partial charge < -0.3 is 14.9 Å². The Bertz CT molecular complexity index is 659. The van der Waals surface area contributed by atoms with Crippen LogP contribution < -0.4 is 4.74 Å². The zero-order chi connectivity index (χ0) is 15.4. The molecule has 0 amide bonds. The number of para-hydroxylation sites is 1. The summed E-state index contributed by atoms with van der Waals surface area (Å²) in [7, 11) is 1.51. The highest BCUT2D eigenvalue weighted by Gasteiger charge is 2.19. The van der Waals surface area contributed by atoms with Crippen LogP contribution in [0.2, 0.25) is 0 Å². The maximum atomic E-state index is 11.3. The molecule has 5 heteroatoms. The predicted octanol–water partition coefficient (Wildman–Crippen LogP) is 2.68. The SMILES string of the molecule is COc1ccccc1Cc1c(C(=O)O)cccc1C(=O)O. The summed E-state index contributed by atoms with van der Waals surface area (Å²) >= 11 is 0. The van der Waals surface area contributed by atoms with E-state index in [1.165, 1.54) is 25.3 Å². The van der Waals surface area contributed by atoms with Gasteiger partial charge in [-0.1, -0.05) is 24.3 Å². The monoisotopic (exact) mass is 286 g/mol. The Morgan fingerprint density at radius 1 is 0.952 bits per heavy atom. The van der Waals surface area contributed by atoms with Gasteiger partial charge in [0.15, 0.2) is 0 Å². The molecule has 0 heterocycles. The van der Waals surface area contributed by atoms with Crippen LogP contribution in [0.1, 0.15) is 31.8 Å². The van der Waals surface area contributed by atoms with Gasteiger partial charge in [0.25, 0.3) is 0 Å². The number of ether oxygens (including phenoxy) is 1. The lowest BCUT2D eigenvalue weighted by Crippen LogP contribution is -2.10. The van der Waals surface area contributed by atoms with Gasteiger partial charge in [0.1, 0.15) is 5.75 Å². The van der Waals surface area contributed by atoms with E-state index in [0.717, 1.165) is 5.56 Å². The molecule has 0 atom stereocenters. The summed E-state index contributed by atoms with van der Waals surface area (Å²) in [5, 5.41) is 18.5. The van der Waals surface area contributed by atoms with Crippen molar-refractivity contribution in [3.63, 3.8) is 0 Å². The molecule has 0 aliphatic rings. The number of methoxy groups -OCH3 is 1. The molecule has 0 fully saturated rings. The second-order valence-corrected chi connectivity index (χ2v) is 4.43. The van der Waals surface area contributed by atoms with E-state index in [1.807, 2.05) is 0 Å². The van der Waals surface area contributed by atoms with Gasteiger partial charge in [-0.25, -0.2) is 9.59 Å². The molecule has 0 aliphatic heterocycles. The molecule has 0 unspecified atom stereocenters. The van der Waals surface area contributed by atoms with Crippen LogP contribution in [0.25, 0.3) is 0 Å². The van der Waals surface area contributed by atoms with Gasteiger partial charge in [-0.2, -0.15) is 0 Å².